The molecule has 2 aromatic carbocycles. The smallest absolute Gasteiger partial charge is 0.335 e. The third-order valence-corrected chi connectivity index (χ3v) is 3.75. The molecule has 22 heavy (non-hydrogen) atoms. The van der Waals surface area contributed by atoms with E-state index in [4.69, 9.17) is 5.11 Å². The third kappa shape index (κ3) is 2.16. The van der Waals surface area contributed by atoms with Gasteiger partial charge < -0.3 is 5.11 Å². The van der Waals surface area contributed by atoms with Gasteiger partial charge in [-0.25, -0.2) is 4.79 Å². The maximum Gasteiger partial charge on any atom is 0.335 e. The number of carboxylic acid groups (broad SMARTS) is 1. The fourth-order valence-electron chi connectivity index (χ4n) is 2.56. The number of imide groups is 1. The minimum Gasteiger partial charge on any atom is -0.478 e. The number of hydrogen-bond acceptors (Lipinski definition) is 3. The maximum atomic E-state index is 12.3. The molecule has 0 aliphatic carbocycles. The van der Waals surface area contributed by atoms with Crippen molar-refractivity contribution >= 4 is 17.8 Å². The number of nitrogens with zero attached hydrogens (tertiary/aromatic N) is 1. The zero-order valence-electron chi connectivity index (χ0n) is 11.9. The second-order valence-corrected chi connectivity index (χ2v) is 5.20. The van der Waals surface area contributed by atoms with Gasteiger partial charge in [-0.15, -0.1) is 0 Å². The van der Waals surface area contributed by atoms with E-state index in [1.807, 2.05) is 0 Å². The van der Waals surface area contributed by atoms with Crippen LogP contribution in [-0.4, -0.2) is 27.8 Å². The van der Waals surface area contributed by atoms with Crippen molar-refractivity contribution in [2.24, 2.45) is 0 Å². The fourth-order valence-corrected chi connectivity index (χ4v) is 2.56. The van der Waals surface area contributed by atoms with E-state index in [9.17, 15) is 14.4 Å². The summed E-state index contributed by atoms with van der Waals surface area (Å²) in [5, 5.41) is 9.15. The van der Waals surface area contributed by atoms with Crippen LogP contribution in [0.5, 0.6) is 0 Å². The molecule has 2 aromatic rings. The van der Waals surface area contributed by atoms with Crippen molar-refractivity contribution in [2.75, 3.05) is 0 Å². The number of rotatable bonds is 3. The molecule has 0 fully saturated rings. The van der Waals surface area contributed by atoms with Gasteiger partial charge in [0.25, 0.3) is 11.8 Å². The summed E-state index contributed by atoms with van der Waals surface area (Å²) < 4.78 is 0. The molecule has 1 aliphatic heterocycles. The molecule has 0 saturated heterocycles. The Labute approximate surface area is 126 Å². The summed E-state index contributed by atoms with van der Waals surface area (Å²) in [5.74, 6) is -1.72. The van der Waals surface area contributed by atoms with Crippen LogP contribution < -0.4 is 0 Å². The van der Waals surface area contributed by atoms with Gasteiger partial charge >= 0.3 is 5.97 Å². The number of aryl methyl sites for hydroxylation is 1. The van der Waals surface area contributed by atoms with E-state index in [-0.39, 0.29) is 23.9 Å². The van der Waals surface area contributed by atoms with E-state index >= 15 is 0 Å². The Morgan fingerprint density at radius 3 is 2.18 bits per heavy atom. The molecule has 3 rings (SSSR count). The predicted octanol–water partition coefficient (Wildman–Crippen LogP) is 2.49. The SMILES string of the molecule is Cc1ccc(CN2C(=O)c3ccccc3C2=O)cc1C(=O)O. The van der Waals surface area contributed by atoms with E-state index in [1.54, 1.807) is 43.3 Å². The van der Waals surface area contributed by atoms with Crippen molar-refractivity contribution in [1.29, 1.82) is 0 Å². The molecule has 0 atom stereocenters. The Morgan fingerprint density at radius 2 is 1.64 bits per heavy atom. The van der Waals surface area contributed by atoms with Gasteiger partial charge in [-0.2, -0.15) is 0 Å². The summed E-state index contributed by atoms with van der Waals surface area (Å²) in [6, 6.07) is 11.6. The highest BCUT2D eigenvalue weighted by molar-refractivity contribution is 6.21. The summed E-state index contributed by atoms with van der Waals surface area (Å²) in [7, 11) is 0. The number of aromatic carboxylic acids is 1. The lowest BCUT2D eigenvalue weighted by atomic mass is 10.0. The zero-order valence-corrected chi connectivity index (χ0v) is 11.9. The van der Waals surface area contributed by atoms with Gasteiger partial charge in [-0.05, 0) is 36.2 Å². The van der Waals surface area contributed by atoms with Gasteiger partial charge in [0.2, 0.25) is 0 Å². The second-order valence-electron chi connectivity index (χ2n) is 5.20. The molecule has 5 heteroatoms. The molecule has 5 nitrogen and oxygen atoms in total. The average Bonchev–Trinajstić information content (AvgIpc) is 2.74. The molecule has 0 unspecified atom stereocenters. The van der Waals surface area contributed by atoms with Crippen molar-refractivity contribution in [3.05, 3.63) is 70.3 Å². The molecule has 0 bridgehead atoms. The van der Waals surface area contributed by atoms with Crippen LogP contribution in [0, 0.1) is 6.92 Å². The molecule has 1 aliphatic rings. The molecule has 0 radical (unpaired) electrons. The highest BCUT2D eigenvalue weighted by atomic mass is 16.4. The van der Waals surface area contributed by atoms with Gasteiger partial charge in [0.15, 0.2) is 0 Å². The van der Waals surface area contributed by atoms with E-state index < -0.39 is 5.97 Å². The number of hydrogen-bond donors (Lipinski definition) is 1. The van der Waals surface area contributed by atoms with E-state index in [0.717, 1.165) is 4.90 Å². The Hall–Kier alpha value is -2.95. The average molecular weight is 295 g/mol. The van der Waals surface area contributed by atoms with Crippen LogP contribution in [0.25, 0.3) is 0 Å². The van der Waals surface area contributed by atoms with Crippen molar-refractivity contribution in [3.63, 3.8) is 0 Å². The third-order valence-electron chi connectivity index (χ3n) is 3.75. The number of carbonyl (C=O) groups excluding carboxylic acids is 2. The summed E-state index contributed by atoms with van der Waals surface area (Å²) in [6.07, 6.45) is 0. The lowest BCUT2D eigenvalue weighted by molar-refractivity contribution is 0.0641. The van der Waals surface area contributed by atoms with E-state index in [2.05, 4.69) is 0 Å². The summed E-state index contributed by atoms with van der Waals surface area (Å²) in [4.78, 5) is 36.9. The highest BCUT2D eigenvalue weighted by Crippen LogP contribution is 2.24. The molecule has 110 valence electrons. The molecule has 0 saturated carbocycles. The van der Waals surface area contributed by atoms with Gasteiger partial charge in [0.05, 0.1) is 23.2 Å². The number of benzene rings is 2. The van der Waals surface area contributed by atoms with Crippen LogP contribution in [0.2, 0.25) is 0 Å². The Kier molecular flexibility index (Phi) is 3.25. The summed E-state index contributed by atoms with van der Waals surface area (Å²) in [6.45, 7) is 1.77. The molecular weight excluding hydrogens is 282 g/mol. The maximum absolute atomic E-state index is 12.3. The first-order valence-corrected chi connectivity index (χ1v) is 6.77. The lowest BCUT2D eigenvalue weighted by Gasteiger charge is -2.14. The zero-order chi connectivity index (χ0) is 15.9. The van der Waals surface area contributed by atoms with Gasteiger partial charge in [-0.3, -0.25) is 14.5 Å². The van der Waals surface area contributed by atoms with Gasteiger partial charge in [-0.1, -0.05) is 24.3 Å². The van der Waals surface area contributed by atoms with Crippen molar-refractivity contribution < 1.29 is 19.5 Å². The summed E-state index contributed by atoms with van der Waals surface area (Å²) >= 11 is 0. The van der Waals surface area contributed by atoms with Crippen LogP contribution in [0.4, 0.5) is 0 Å². The Balaban J connectivity index is 1.92. The first-order valence-electron chi connectivity index (χ1n) is 6.77. The largest absolute Gasteiger partial charge is 0.478 e. The van der Waals surface area contributed by atoms with Gasteiger partial charge in [0, 0.05) is 0 Å². The molecule has 2 amide bonds. The first kappa shape index (κ1) is 14.0. The van der Waals surface area contributed by atoms with E-state index in [1.165, 1.54) is 6.07 Å². The number of fused-ring (bicyclic) bond motifs is 1. The molecule has 0 spiro atoms. The van der Waals surface area contributed by atoms with Crippen molar-refractivity contribution in [1.82, 2.24) is 4.90 Å². The van der Waals surface area contributed by atoms with Crippen molar-refractivity contribution in [2.45, 2.75) is 13.5 Å². The fraction of sp³-hybridized carbons (Fsp3) is 0.118. The molecular formula is C17H13NO4. The molecule has 0 aromatic heterocycles. The van der Waals surface area contributed by atoms with Crippen LogP contribution in [-0.2, 0) is 6.54 Å². The van der Waals surface area contributed by atoms with E-state index in [0.29, 0.717) is 22.3 Å². The predicted molar refractivity (Wildman–Crippen MR) is 78.8 cm³/mol. The second kappa shape index (κ2) is 5.11. The minimum atomic E-state index is -1.03. The Morgan fingerprint density at radius 1 is 1.05 bits per heavy atom. The number of amides is 2. The van der Waals surface area contributed by atoms with Crippen molar-refractivity contribution in [3.8, 4) is 0 Å². The van der Waals surface area contributed by atoms with Crippen LogP contribution in [0.15, 0.2) is 42.5 Å². The lowest BCUT2D eigenvalue weighted by Crippen LogP contribution is -2.29. The first-order chi connectivity index (χ1) is 10.5. The number of carboxylic acids is 1. The quantitative estimate of drug-likeness (QED) is 0.883. The highest BCUT2D eigenvalue weighted by Gasteiger charge is 2.35. The standard InChI is InChI=1S/C17H13NO4/c1-10-6-7-11(8-14(10)17(21)22)9-18-15(19)12-4-2-3-5-13(12)16(18)20/h2-8H,9H2,1H3,(H,21,22). The molecule has 1 N–H and O–H groups in total. The topological polar surface area (TPSA) is 74.7 Å². The summed E-state index contributed by atoms with van der Waals surface area (Å²) in [5.41, 5.74) is 2.20. The normalized spacial score (nSPS) is 13.4. The van der Waals surface area contributed by atoms with Crippen LogP contribution >= 0.6 is 0 Å². The monoisotopic (exact) mass is 295 g/mol. The van der Waals surface area contributed by atoms with Crippen LogP contribution in [0.1, 0.15) is 42.2 Å². The Bertz CT molecular complexity index is 775. The minimum absolute atomic E-state index is 0.0624. The van der Waals surface area contributed by atoms with Gasteiger partial charge in [0.1, 0.15) is 0 Å². The number of carbonyl (C=O) groups is 3. The van der Waals surface area contributed by atoms with Crippen LogP contribution in [0.3, 0.4) is 0 Å². The molecule has 1 heterocycles.